The minimum absolute atomic E-state index is 0.108. The van der Waals surface area contributed by atoms with E-state index in [9.17, 15) is 18.0 Å². The Morgan fingerprint density at radius 2 is 1.78 bits per heavy atom. The topological polar surface area (TPSA) is 76.1 Å². The predicted octanol–water partition coefficient (Wildman–Crippen LogP) is 3.81. The molecule has 0 aliphatic heterocycles. The fourth-order valence-corrected chi connectivity index (χ4v) is 1.71. The summed E-state index contributed by atoms with van der Waals surface area (Å²) in [4.78, 5) is 11.2. The number of carbonyl (C=O) groups excluding carboxylic acids is 1. The van der Waals surface area contributed by atoms with Crippen LogP contribution in [0.25, 0.3) is 0 Å². The molecule has 9 heteroatoms. The normalized spacial score (nSPS) is 11.0. The van der Waals surface area contributed by atoms with Gasteiger partial charge in [0.05, 0.1) is 17.9 Å². The van der Waals surface area contributed by atoms with Gasteiger partial charge in [-0.25, -0.2) is 4.79 Å². The average molecular weight is 326 g/mol. The van der Waals surface area contributed by atoms with Crippen LogP contribution >= 0.6 is 0 Å². The summed E-state index contributed by atoms with van der Waals surface area (Å²) in [6, 6.07) is 7.81. The Balaban J connectivity index is 2.12. The van der Waals surface area contributed by atoms with E-state index < -0.39 is 17.8 Å². The highest BCUT2D eigenvalue weighted by molar-refractivity contribution is 5.83. The fourth-order valence-electron chi connectivity index (χ4n) is 1.71. The van der Waals surface area contributed by atoms with Crippen molar-refractivity contribution in [2.24, 2.45) is 0 Å². The Kier molecular flexibility index (Phi) is 4.99. The number of nitrogens with one attached hydrogen (secondary N) is 2. The lowest BCUT2D eigenvalue weighted by atomic mass is 10.1. The zero-order valence-corrected chi connectivity index (χ0v) is 12.0. The van der Waals surface area contributed by atoms with Gasteiger partial charge in [0, 0.05) is 0 Å². The monoisotopic (exact) mass is 326 g/mol. The smallest absolute Gasteiger partial charge is 0.418 e. The van der Waals surface area contributed by atoms with Crippen molar-refractivity contribution in [2.75, 3.05) is 17.2 Å². The molecule has 1 aromatic carbocycles. The van der Waals surface area contributed by atoms with Crippen LogP contribution in [0.15, 0.2) is 36.4 Å². The molecular formula is C14H13F3N4O2. The zero-order valence-electron chi connectivity index (χ0n) is 12.0. The van der Waals surface area contributed by atoms with Crippen molar-refractivity contribution >= 4 is 23.4 Å². The van der Waals surface area contributed by atoms with Gasteiger partial charge in [-0.15, -0.1) is 10.2 Å². The molecule has 0 radical (unpaired) electrons. The third kappa shape index (κ3) is 4.56. The van der Waals surface area contributed by atoms with E-state index in [1.165, 1.54) is 30.3 Å². The molecule has 1 aromatic heterocycles. The van der Waals surface area contributed by atoms with Crippen LogP contribution in [0.2, 0.25) is 0 Å². The Labute approximate surface area is 129 Å². The summed E-state index contributed by atoms with van der Waals surface area (Å²) in [7, 11) is 0. The first kappa shape index (κ1) is 16.5. The van der Waals surface area contributed by atoms with E-state index in [-0.39, 0.29) is 23.9 Å². The SMILES string of the molecule is CCOC(=O)Nc1ccc(Nc2ccccc2C(F)(F)F)nn1. The molecule has 2 rings (SSSR count). The quantitative estimate of drug-likeness (QED) is 0.893. The molecule has 0 fully saturated rings. The Bertz CT molecular complexity index is 674. The molecule has 0 saturated heterocycles. The van der Waals surface area contributed by atoms with E-state index in [0.717, 1.165) is 6.07 Å². The number of amides is 1. The highest BCUT2D eigenvalue weighted by Gasteiger charge is 2.33. The van der Waals surface area contributed by atoms with Gasteiger partial charge in [0.2, 0.25) is 0 Å². The van der Waals surface area contributed by atoms with Crippen LogP contribution in [0.1, 0.15) is 12.5 Å². The standard InChI is InChI=1S/C14H13F3N4O2/c1-2-23-13(22)19-12-8-7-11(20-21-12)18-10-6-4-3-5-9(10)14(15,16)17/h3-8H,2H2,1H3,(H,18,20)(H,19,21,22). The molecule has 0 spiro atoms. The van der Waals surface area contributed by atoms with Gasteiger partial charge in [0.1, 0.15) is 0 Å². The summed E-state index contributed by atoms with van der Waals surface area (Å²) < 4.78 is 43.3. The Hall–Kier alpha value is -2.84. The molecule has 2 N–H and O–H groups in total. The van der Waals surface area contributed by atoms with Gasteiger partial charge < -0.3 is 10.1 Å². The Morgan fingerprint density at radius 3 is 2.39 bits per heavy atom. The van der Waals surface area contributed by atoms with E-state index in [0.29, 0.717) is 0 Å². The maximum atomic E-state index is 12.9. The second kappa shape index (κ2) is 6.95. The third-order valence-electron chi connectivity index (χ3n) is 2.67. The number of para-hydroxylation sites is 1. The number of anilines is 3. The van der Waals surface area contributed by atoms with Gasteiger partial charge in [-0.2, -0.15) is 13.2 Å². The van der Waals surface area contributed by atoms with Crippen molar-refractivity contribution < 1.29 is 22.7 Å². The van der Waals surface area contributed by atoms with E-state index >= 15 is 0 Å². The summed E-state index contributed by atoms with van der Waals surface area (Å²) in [5, 5.41) is 12.3. The molecule has 6 nitrogen and oxygen atoms in total. The van der Waals surface area contributed by atoms with Crippen LogP contribution in [-0.4, -0.2) is 22.9 Å². The Morgan fingerprint density at radius 1 is 1.13 bits per heavy atom. The molecule has 0 atom stereocenters. The lowest BCUT2D eigenvalue weighted by Gasteiger charge is -2.13. The first-order valence-corrected chi connectivity index (χ1v) is 6.61. The van der Waals surface area contributed by atoms with Crippen LogP contribution < -0.4 is 10.6 Å². The molecule has 23 heavy (non-hydrogen) atoms. The molecule has 0 saturated carbocycles. The maximum Gasteiger partial charge on any atom is 0.418 e. The number of carbonyl (C=O) groups is 1. The number of alkyl halides is 3. The molecule has 0 aliphatic carbocycles. The van der Waals surface area contributed by atoms with E-state index in [4.69, 9.17) is 0 Å². The van der Waals surface area contributed by atoms with E-state index in [1.54, 1.807) is 6.92 Å². The minimum atomic E-state index is -4.48. The van der Waals surface area contributed by atoms with Crippen LogP contribution in [-0.2, 0) is 10.9 Å². The van der Waals surface area contributed by atoms with Crippen molar-refractivity contribution in [3.05, 3.63) is 42.0 Å². The molecule has 0 bridgehead atoms. The molecule has 2 aromatic rings. The summed E-state index contributed by atoms with van der Waals surface area (Å²) in [6.45, 7) is 1.85. The number of hydrogen-bond acceptors (Lipinski definition) is 5. The number of hydrogen-bond donors (Lipinski definition) is 2. The first-order chi connectivity index (χ1) is 10.9. The van der Waals surface area contributed by atoms with Crippen molar-refractivity contribution in [2.45, 2.75) is 13.1 Å². The second-order valence-electron chi connectivity index (χ2n) is 4.32. The van der Waals surface area contributed by atoms with E-state index in [2.05, 4.69) is 25.6 Å². The highest BCUT2D eigenvalue weighted by atomic mass is 19.4. The van der Waals surface area contributed by atoms with Gasteiger partial charge >= 0.3 is 12.3 Å². The highest BCUT2D eigenvalue weighted by Crippen LogP contribution is 2.35. The predicted molar refractivity (Wildman–Crippen MR) is 77.4 cm³/mol. The molecule has 0 unspecified atom stereocenters. The lowest BCUT2D eigenvalue weighted by Crippen LogP contribution is -2.15. The van der Waals surface area contributed by atoms with Gasteiger partial charge in [-0.05, 0) is 31.2 Å². The summed E-state index contributed by atoms with van der Waals surface area (Å²) >= 11 is 0. The second-order valence-corrected chi connectivity index (χ2v) is 4.32. The number of nitrogens with zero attached hydrogens (tertiary/aromatic N) is 2. The molecule has 1 amide bonds. The van der Waals surface area contributed by atoms with E-state index in [1.807, 2.05) is 0 Å². The third-order valence-corrected chi connectivity index (χ3v) is 2.67. The van der Waals surface area contributed by atoms with Crippen molar-refractivity contribution in [1.82, 2.24) is 10.2 Å². The van der Waals surface area contributed by atoms with Crippen molar-refractivity contribution in [1.29, 1.82) is 0 Å². The van der Waals surface area contributed by atoms with Gasteiger partial charge in [-0.3, -0.25) is 5.32 Å². The minimum Gasteiger partial charge on any atom is -0.450 e. The fraction of sp³-hybridized carbons (Fsp3) is 0.214. The van der Waals surface area contributed by atoms with Crippen LogP contribution in [0, 0.1) is 0 Å². The number of rotatable bonds is 4. The molecule has 0 aliphatic rings. The number of benzene rings is 1. The van der Waals surface area contributed by atoms with Gasteiger partial charge in [0.25, 0.3) is 0 Å². The van der Waals surface area contributed by atoms with Crippen LogP contribution in [0.4, 0.5) is 35.3 Å². The summed E-state index contributed by atoms with van der Waals surface area (Å²) in [5.74, 6) is 0.231. The van der Waals surface area contributed by atoms with Gasteiger partial charge in [-0.1, -0.05) is 12.1 Å². The maximum absolute atomic E-state index is 12.9. The first-order valence-electron chi connectivity index (χ1n) is 6.61. The number of halogens is 3. The molecular weight excluding hydrogens is 313 g/mol. The van der Waals surface area contributed by atoms with Gasteiger partial charge in [0.15, 0.2) is 11.6 Å². The summed E-state index contributed by atoms with van der Waals surface area (Å²) in [5.41, 5.74) is -0.948. The zero-order chi connectivity index (χ0) is 16.9. The van der Waals surface area contributed by atoms with Crippen LogP contribution in [0.3, 0.4) is 0 Å². The largest absolute Gasteiger partial charge is 0.450 e. The average Bonchev–Trinajstić information content (AvgIpc) is 2.49. The molecule has 1 heterocycles. The molecule has 122 valence electrons. The number of aromatic nitrogens is 2. The lowest BCUT2D eigenvalue weighted by molar-refractivity contribution is -0.136. The summed E-state index contributed by atoms with van der Waals surface area (Å²) in [6.07, 6.45) is -5.17. The van der Waals surface area contributed by atoms with Crippen molar-refractivity contribution in [3.63, 3.8) is 0 Å². The number of ether oxygens (including phenoxy) is 1. The van der Waals surface area contributed by atoms with Crippen molar-refractivity contribution in [3.8, 4) is 0 Å². The van der Waals surface area contributed by atoms with Crippen LogP contribution in [0.5, 0.6) is 0 Å².